The van der Waals surface area contributed by atoms with Crippen LogP contribution in [0.1, 0.15) is 33.3 Å². The quantitative estimate of drug-likeness (QED) is 0.936. The number of carbonyl (C=O) groups is 1. The summed E-state index contributed by atoms with van der Waals surface area (Å²) in [6, 6.07) is 9.91. The van der Waals surface area contributed by atoms with Crippen LogP contribution >= 0.6 is 11.3 Å². The van der Waals surface area contributed by atoms with Crippen LogP contribution in [-0.4, -0.2) is 19.1 Å². The van der Waals surface area contributed by atoms with E-state index in [2.05, 4.69) is 5.32 Å². The van der Waals surface area contributed by atoms with Crippen LogP contribution in [0, 0.1) is 23.1 Å². The SMILES string of the molecule is N#Cc1ccsc1C(=O)NC[C@@H]1CCO[C@H]1c1ccc(F)cc1. The maximum absolute atomic E-state index is 13.0. The molecule has 0 bridgehead atoms. The second kappa shape index (κ2) is 6.90. The Morgan fingerprint density at radius 1 is 1.39 bits per heavy atom. The van der Waals surface area contributed by atoms with Crippen molar-refractivity contribution in [2.24, 2.45) is 5.92 Å². The van der Waals surface area contributed by atoms with Gasteiger partial charge >= 0.3 is 0 Å². The smallest absolute Gasteiger partial charge is 0.262 e. The Balaban J connectivity index is 1.64. The van der Waals surface area contributed by atoms with Crippen molar-refractivity contribution < 1.29 is 13.9 Å². The number of nitriles is 1. The highest BCUT2D eigenvalue weighted by Crippen LogP contribution is 2.34. The third-order valence-electron chi connectivity index (χ3n) is 3.93. The average Bonchev–Trinajstić information content (AvgIpc) is 3.22. The fourth-order valence-corrected chi connectivity index (χ4v) is 3.50. The largest absolute Gasteiger partial charge is 0.373 e. The topological polar surface area (TPSA) is 62.1 Å². The number of hydrogen-bond donors (Lipinski definition) is 1. The number of carbonyl (C=O) groups excluding carboxylic acids is 1. The molecule has 0 radical (unpaired) electrons. The van der Waals surface area contributed by atoms with Gasteiger partial charge in [0.1, 0.15) is 16.8 Å². The fraction of sp³-hybridized carbons (Fsp3) is 0.294. The highest BCUT2D eigenvalue weighted by atomic mass is 32.1. The Hall–Kier alpha value is -2.23. The lowest BCUT2D eigenvalue weighted by Crippen LogP contribution is -2.30. The van der Waals surface area contributed by atoms with Gasteiger partial charge in [0.15, 0.2) is 0 Å². The number of halogens is 1. The van der Waals surface area contributed by atoms with Crippen molar-refractivity contribution in [3.05, 3.63) is 57.5 Å². The number of ether oxygens (including phenoxy) is 1. The summed E-state index contributed by atoms with van der Waals surface area (Å²) in [4.78, 5) is 12.6. The fourth-order valence-electron chi connectivity index (χ4n) is 2.74. The minimum Gasteiger partial charge on any atom is -0.373 e. The Morgan fingerprint density at radius 2 is 2.17 bits per heavy atom. The van der Waals surface area contributed by atoms with E-state index < -0.39 is 0 Å². The van der Waals surface area contributed by atoms with Crippen LogP contribution in [0.2, 0.25) is 0 Å². The van der Waals surface area contributed by atoms with Crippen molar-refractivity contribution in [3.63, 3.8) is 0 Å². The van der Waals surface area contributed by atoms with Crippen molar-refractivity contribution in [1.82, 2.24) is 5.32 Å². The molecular weight excluding hydrogens is 315 g/mol. The van der Waals surface area contributed by atoms with E-state index in [0.29, 0.717) is 23.6 Å². The van der Waals surface area contributed by atoms with E-state index in [1.54, 1.807) is 23.6 Å². The number of thiophene rings is 1. The van der Waals surface area contributed by atoms with Gasteiger partial charge in [0.25, 0.3) is 5.91 Å². The Kier molecular flexibility index (Phi) is 4.70. The van der Waals surface area contributed by atoms with Crippen molar-refractivity contribution in [2.45, 2.75) is 12.5 Å². The second-order valence-corrected chi connectivity index (χ2v) is 6.29. The predicted octanol–water partition coefficient (Wildman–Crippen LogP) is 3.27. The van der Waals surface area contributed by atoms with Crippen molar-refractivity contribution in [2.75, 3.05) is 13.2 Å². The molecule has 2 heterocycles. The summed E-state index contributed by atoms with van der Waals surface area (Å²) < 4.78 is 18.8. The molecule has 4 nitrogen and oxygen atoms in total. The lowest BCUT2D eigenvalue weighted by Gasteiger charge is -2.19. The summed E-state index contributed by atoms with van der Waals surface area (Å²) in [6.45, 7) is 1.08. The maximum atomic E-state index is 13.0. The molecule has 23 heavy (non-hydrogen) atoms. The van der Waals surface area contributed by atoms with Crippen LogP contribution in [0.5, 0.6) is 0 Å². The Morgan fingerprint density at radius 3 is 2.91 bits per heavy atom. The summed E-state index contributed by atoms with van der Waals surface area (Å²) in [5.41, 5.74) is 1.31. The number of rotatable bonds is 4. The summed E-state index contributed by atoms with van der Waals surface area (Å²) in [5, 5.41) is 13.6. The first-order valence-electron chi connectivity index (χ1n) is 7.32. The van der Waals surface area contributed by atoms with Gasteiger partial charge in [-0.25, -0.2) is 4.39 Å². The van der Waals surface area contributed by atoms with E-state index in [4.69, 9.17) is 10.00 Å². The number of benzene rings is 1. The van der Waals surface area contributed by atoms with Crippen LogP contribution in [0.25, 0.3) is 0 Å². The molecule has 1 aromatic heterocycles. The average molecular weight is 330 g/mol. The van der Waals surface area contributed by atoms with Gasteiger partial charge in [-0.05, 0) is 35.6 Å². The first kappa shape index (κ1) is 15.7. The third kappa shape index (κ3) is 3.41. The predicted molar refractivity (Wildman–Crippen MR) is 84.6 cm³/mol. The van der Waals surface area contributed by atoms with Gasteiger partial charge in [-0.1, -0.05) is 12.1 Å². The molecule has 3 rings (SSSR count). The molecule has 1 aliphatic heterocycles. The molecular formula is C17H15FN2O2S. The molecule has 6 heteroatoms. The van der Waals surface area contributed by atoms with E-state index in [9.17, 15) is 9.18 Å². The minimum absolute atomic E-state index is 0.134. The molecule has 1 fully saturated rings. The van der Waals surface area contributed by atoms with E-state index in [1.165, 1.54) is 23.5 Å². The monoisotopic (exact) mass is 330 g/mol. The van der Waals surface area contributed by atoms with Crippen LogP contribution < -0.4 is 5.32 Å². The molecule has 1 amide bonds. The molecule has 0 spiro atoms. The molecule has 0 aliphatic carbocycles. The zero-order valence-electron chi connectivity index (χ0n) is 12.3. The maximum Gasteiger partial charge on any atom is 0.262 e. The van der Waals surface area contributed by atoms with Gasteiger partial charge in [0, 0.05) is 19.1 Å². The Bertz CT molecular complexity index is 736. The molecule has 2 aromatic rings. The summed E-state index contributed by atoms with van der Waals surface area (Å²) in [6.07, 6.45) is 0.687. The molecule has 0 unspecified atom stereocenters. The molecule has 1 aromatic carbocycles. The van der Waals surface area contributed by atoms with Gasteiger partial charge in [-0.15, -0.1) is 11.3 Å². The lowest BCUT2D eigenvalue weighted by molar-refractivity contribution is 0.0848. The summed E-state index contributed by atoms with van der Waals surface area (Å²) in [5.74, 6) is -0.380. The Labute approximate surface area is 137 Å². The summed E-state index contributed by atoms with van der Waals surface area (Å²) >= 11 is 1.26. The zero-order valence-corrected chi connectivity index (χ0v) is 13.1. The zero-order chi connectivity index (χ0) is 16.2. The van der Waals surface area contributed by atoms with Gasteiger partial charge in [-0.2, -0.15) is 5.26 Å². The number of amides is 1. The molecule has 118 valence electrons. The van der Waals surface area contributed by atoms with Gasteiger partial charge in [0.2, 0.25) is 0 Å². The van der Waals surface area contributed by atoms with E-state index in [1.807, 2.05) is 6.07 Å². The number of hydrogen-bond acceptors (Lipinski definition) is 4. The van der Waals surface area contributed by atoms with E-state index in [0.717, 1.165) is 12.0 Å². The first-order chi connectivity index (χ1) is 11.2. The minimum atomic E-state index is -0.279. The van der Waals surface area contributed by atoms with Crippen LogP contribution in [0.3, 0.4) is 0 Å². The van der Waals surface area contributed by atoms with E-state index in [-0.39, 0.29) is 23.7 Å². The first-order valence-corrected chi connectivity index (χ1v) is 8.20. The van der Waals surface area contributed by atoms with Crippen LogP contribution in [0.4, 0.5) is 4.39 Å². The standard InChI is InChI=1S/C17H15FN2O2S/c18-14-3-1-11(2-4-14)15-13(5-7-22-15)10-20-17(21)16-12(9-19)6-8-23-16/h1-4,6,8,13,15H,5,7,10H2,(H,20,21)/t13-,15-/m0/s1. The number of nitrogens with one attached hydrogen (secondary N) is 1. The third-order valence-corrected chi connectivity index (χ3v) is 4.84. The normalized spacial score (nSPS) is 20.2. The van der Waals surface area contributed by atoms with Crippen LogP contribution in [-0.2, 0) is 4.74 Å². The highest BCUT2D eigenvalue weighted by molar-refractivity contribution is 7.12. The van der Waals surface area contributed by atoms with Gasteiger partial charge < -0.3 is 10.1 Å². The van der Waals surface area contributed by atoms with Gasteiger partial charge in [0.05, 0.1) is 11.7 Å². The number of nitrogens with zero attached hydrogens (tertiary/aromatic N) is 1. The molecule has 1 saturated heterocycles. The van der Waals surface area contributed by atoms with Crippen molar-refractivity contribution in [3.8, 4) is 6.07 Å². The second-order valence-electron chi connectivity index (χ2n) is 5.38. The van der Waals surface area contributed by atoms with Crippen molar-refractivity contribution in [1.29, 1.82) is 5.26 Å². The van der Waals surface area contributed by atoms with Gasteiger partial charge in [-0.3, -0.25) is 4.79 Å². The van der Waals surface area contributed by atoms with Crippen LogP contribution in [0.15, 0.2) is 35.7 Å². The lowest BCUT2D eigenvalue weighted by atomic mass is 9.95. The summed E-state index contributed by atoms with van der Waals surface area (Å²) in [7, 11) is 0. The molecule has 1 N–H and O–H groups in total. The van der Waals surface area contributed by atoms with E-state index >= 15 is 0 Å². The highest BCUT2D eigenvalue weighted by Gasteiger charge is 2.30. The molecule has 2 atom stereocenters. The van der Waals surface area contributed by atoms with Crippen molar-refractivity contribution >= 4 is 17.2 Å². The molecule has 1 aliphatic rings. The molecule has 0 saturated carbocycles.